The second-order valence-electron chi connectivity index (χ2n) is 7.18. The predicted octanol–water partition coefficient (Wildman–Crippen LogP) is 4.94. The molecular formula is C25H23N3OS. The lowest BCUT2D eigenvalue weighted by Crippen LogP contribution is -2.24. The molecule has 0 spiro atoms. The number of thioether (sulfide) groups is 1. The molecule has 30 heavy (non-hydrogen) atoms. The number of fused-ring (bicyclic) bond motifs is 1. The van der Waals surface area contributed by atoms with Gasteiger partial charge in [0.15, 0.2) is 0 Å². The molecule has 0 aliphatic carbocycles. The second kappa shape index (κ2) is 9.55. The maximum atomic E-state index is 12.4. The van der Waals surface area contributed by atoms with E-state index in [2.05, 4.69) is 36.5 Å². The van der Waals surface area contributed by atoms with E-state index in [1.54, 1.807) is 0 Å². The first-order valence-corrected chi connectivity index (χ1v) is 10.9. The lowest BCUT2D eigenvalue weighted by atomic mass is 10.1. The van der Waals surface area contributed by atoms with Gasteiger partial charge >= 0.3 is 0 Å². The van der Waals surface area contributed by atoms with Crippen molar-refractivity contribution >= 4 is 28.7 Å². The number of nitrogens with zero attached hydrogens (tertiary/aromatic N) is 2. The van der Waals surface area contributed by atoms with Gasteiger partial charge in [-0.2, -0.15) is 0 Å². The summed E-state index contributed by atoms with van der Waals surface area (Å²) in [5, 5.41) is 3.80. The molecule has 1 N–H and O–H groups in total. The number of hydrogen-bond acceptors (Lipinski definition) is 4. The Morgan fingerprint density at radius 2 is 1.50 bits per heavy atom. The minimum atomic E-state index is -0.0128. The molecule has 0 bridgehead atoms. The molecule has 0 aliphatic rings. The Morgan fingerprint density at radius 1 is 0.833 bits per heavy atom. The van der Waals surface area contributed by atoms with Crippen molar-refractivity contribution in [2.75, 3.05) is 5.75 Å². The van der Waals surface area contributed by atoms with Gasteiger partial charge in [-0.3, -0.25) is 4.79 Å². The van der Waals surface area contributed by atoms with Crippen molar-refractivity contribution in [3.63, 3.8) is 0 Å². The van der Waals surface area contributed by atoms with E-state index in [0.717, 1.165) is 27.3 Å². The lowest BCUT2D eigenvalue weighted by molar-refractivity contribution is -0.118. The highest BCUT2D eigenvalue weighted by Crippen LogP contribution is 2.24. The van der Waals surface area contributed by atoms with E-state index in [4.69, 9.17) is 9.97 Å². The lowest BCUT2D eigenvalue weighted by Gasteiger charge is -2.10. The van der Waals surface area contributed by atoms with Crippen LogP contribution in [0.2, 0.25) is 0 Å². The molecule has 5 heteroatoms. The topological polar surface area (TPSA) is 54.9 Å². The SMILES string of the molecule is Cc1ccc(CNC(=O)CSc2nc3ccccc3nc2Cc2ccccc2)cc1. The normalized spacial score (nSPS) is 10.8. The average molecular weight is 414 g/mol. The minimum absolute atomic E-state index is 0.0128. The highest BCUT2D eigenvalue weighted by Gasteiger charge is 2.12. The number of aromatic nitrogens is 2. The number of amides is 1. The first kappa shape index (κ1) is 20.1. The van der Waals surface area contributed by atoms with Crippen LogP contribution >= 0.6 is 11.8 Å². The van der Waals surface area contributed by atoms with Crippen molar-refractivity contribution in [2.45, 2.75) is 24.9 Å². The fourth-order valence-corrected chi connectivity index (χ4v) is 3.95. The number of aryl methyl sites for hydroxylation is 1. The summed E-state index contributed by atoms with van der Waals surface area (Å²) in [6.07, 6.45) is 0.687. The van der Waals surface area contributed by atoms with Crippen LogP contribution in [0.4, 0.5) is 0 Å². The van der Waals surface area contributed by atoms with Crippen LogP contribution in [0.25, 0.3) is 11.0 Å². The van der Waals surface area contributed by atoms with Gasteiger partial charge in [-0.05, 0) is 30.2 Å². The summed E-state index contributed by atoms with van der Waals surface area (Å²) >= 11 is 1.44. The Labute approximate surface area is 180 Å². The summed E-state index contributed by atoms with van der Waals surface area (Å²) in [6.45, 7) is 2.58. The van der Waals surface area contributed by atoms with Gasteiger partial charge in [-0.25, -0.2) is 9.97 Å². The van der Waals surface area contributed by atoms with E-state index >= 15 is 0 Å². The van der Waals surface area contributed by atoms with E-state index in [0.29, 0.717) is 18.7 Å². The zero-order valence-corrected chi connectivity index (χ0v) is 17.7. The molecule has 0 unspecified atom stereocenters. The Kier molecular flexibility index (Phi) is 6.40. The Hall–Kier alpha value is -3.18. The Morgan fingerprint density at radius 3 is 2.23 bits per heavy atom. The third-order valence-electron chi connectivity index (χ3n) is 4.77. The van der Waals surface area contributed by atoms with Crippen LogP contribution in [0, 0.1) is 6.92 Å². The van der Waals surface area contributed by atoms with E-state index in [1.807, 2.05) is 54.6 Å². The Balaban J connectivity index is 1.47. The van der Waals surface area contributed by atoms with Gasteiger partial charge in [-0.1, -0.05) is 84.1 Å². The van der Waals surface area contributed by atoms with Crippen LogP contribution in [0.5, 0.6) is 0 Å². The van der Waals surface area contributed by atoms with Gasteiger partial charge < -0.3 is 5.32 Å². The standard InChI is InChI=1S/C25H23N3OS/c1-18-11-13-20(14-12-18)16-26-24(29)17-30-25-23(15-19-7-3-2-4-8-19)27-21-9-5-6-10-22(21)28-25/h2-14H,15-17H2,1H3,(H,26,29). The molecule has 0 aliphatic heterocycles. The maximum Gasteiger partial charge on any atom is 0.230 e. The molecule has 4 nitrogen and oxygen atoms in total. The van der Waals surface area contributed by atoms with Gasteiger partial charge in [-0.15, -0.1) is 0 Å². The van der Waals surface area contributed by atoms with Crippen molar-refractivity contribution in [1.82, 2.24) is 15.3 Å². The van der Waals surface area contributed by atoms with Gasteiger partial charge in [0.05, 0.1) is 22.5 Å². The highest BCUT2D eigenvalue weighted by atomic mass is 32.2. The summed E-state index contributed by atoms with van der Waals surface area (Å²) in [7, 11) is 0. The Bertz CT molecular complexity index is 1140. The van der Waals surface area contributed by atoms with E-state index in [-0.39, 0.29) is 5.91 Å². The van der Waals surface area contributed by atoms with Crippen molar-refractivity contribution in [3.05, 3.63) is 101 Å². The summed E-state index contributed by atoms with van der Waals surface area (Å²) < 4.78 is 0. The predicted molar refractivity (Wildman–Crippen MR) is 123 cm³/mol. The largest absolute Gasteiger partial charge is 0.351 e. The molecule has 4 rings (SSSR count). The highest BCUT2D eigenvalue weighted by molar-refractivity contribution is 7.99. The van der Waals surface area contributed by atoms with Gasteiger partial charge in [0, 0.05) is 13.0 Å². The van der Waals surface area contributed by atoms with E-state index < -0.39 is 0 Å². The molecule has 0 atom stereocenters. The van der Waals surface area contributed by atoms with Crippen LogP contribution in [0.3, 0.4) is 0 Å². The number of carbonyl (C=O) groups excluding carboxylic acids is 1. The van der Waals surface area contributed by atoms with Gasteiger partial charge in [0.2, 0.25) is 5.91 Å². The summed E-state index contributed by atoms with van der Waals surface area (Å²) in [4.78, 5) is 22.0. The number of benzene rings is 3. The molecule has 150 valence electrons. The van der Waals surface area contributed by atoms with Crippen LogP contribution in [-0.4, -0.2) is 21.6 Å². The molecule has 0 saturated heterocycles. The molecule has 1 aromatic heterocycles. The molecular weight excluding hydrogens is 390 g/mol. The van der Waals surface area contributed by atoms with Crippen molar-refractivity contribution in [3.8, 4) is 0 Å². The van der Waals surface area contributed by atoms with Crippen molar-refractivity contribution in [1.29, 1.82) is 0 Å². The van der Waals surface area contributed by atoms with E-state index in [1.165, 1.54) is 22.9 Å². The number of nitrogens with one attached hydrogen (secondary N) is 1. The zero-order chi connectivity index (χ0) is 20.8. The zero-order valence-electron chi connectivity index (χ0n) is 16.8. The fraction of sp³-hybridized carbons (Fsp3) is 0.160. The van der Waals surface area contributed by atoms with Crippen LogP contribution in [-0.2, 0) is 17.8 Å². The maximum absolute atomic E-state index is 12.4. The van der Waals surface area contributed by atoms with E-state index in [9.17, 15) is 4.79 Å². The molecule has 1 heterocycles. The summed E-state index contributed by atoms with van der Waals surface area (Å²) in [5.41, 5.74) is 6.09. The number of carbonyl (C=O) groups is 1. The third-order valence-corrected chi connectivity index (χ3v) is 5.78. The molecule has 0 radical (unpaired) electrons. The average Bonchev–Trinajstić information content (AvgIpc) is 2.78. The van der Waals surface area contributed by atoms with Crippen LogP contribution in [0.1, 0.15) is 22.4 Å². The monoisotopic (exact) mass is 413 g/mol. The quantitative estimate of drug-likeness (QED) is 0.436. The summed E-state index contributed by atoms with van der Waals surface area (Å²) in [5.74, 6) is 0.293. The molecule has 4 aromatic rings. The second-order valence-corrected chi connectivity index (χ2v) is 8.14. The fourth-order valence-electron chi connectivity index (χ4n) is 3.13. The smallest absolute Gasteiger partial charge is 0.230 e. The number of rotatable bonds is 7. The molecule has 3 aromatic carbocycles. The van der Waals surface area contributed by atoms with Crippen molar-refractivity contribution < 1.29 is 4.79 Å². The number of hydrogen-bond donors (Lipinski definition) is 1. The third kappa shape index (κ3) is 5.24. The molecule has 0 saturated carbocycles. The first-order valence-electron chi connectivity index (χ1n) is 9.92. The van der Waals surface area contributed by atoms with Gasteiger partial charge in [0.1, 0.15) is 5.03 Å². The number of para-hydroxylation sites is 2. The first-order chi connectivity index (χ1) is 14.7. The van der Waals surface area contributed by atoms with Crippen LogP contribution in [0.15, 0.2) is 83.9 Å². The molecule has 1 amide bonds. The molecule has 0 fully saturated rings. The summed E-state index contributed by atoms with van der Waals surface area (Å²) in [6, 6.07) is 26.2. The van der Waals surface area contributed by atoms with Gasteiger partial charge in [0.25, 0.3) is 0 Å². The van der Waals surface area contributed by atoms with Crippen molar-refractivity contribution in [2.24, 2.45) is 0 Å². The van der Waals surface area contributed by atoms with Crippen LogP contribution < -0.4 is 5.32 Å². The minimum Gasteiger partial charge on any atom is -0.351 e.